The molecule has 0 aromatic heterocycles. The standard InChI is InChI=1S/C10H17/c1-8-7-10(8)9-5-3-2-4-6-9/h9-10H,2-7H2,1H3. The molecule has 0 heteroatoms. The maximum absolute atomic E-state index is 2.33. The van der Waals surface area contributed by atoms with Crippen molar-refractivity contribution in [3.8, 4) is 0 Å². The monoisotopic (exact) mass is 137 g/mol. The van der Waals surface area contributed by atoms with Gasteiger partial charge in [-0.3, -0.25) is 0 Å². The van der Waals surface area contributed by atoms with Gasteiger partial charge in [0, 0.05) is 0 Å². The van der Waals surface area contributed by atoms with Gasteiger partial charge in [0.15, 0.2) is 0 Å². The van der Waals surface area contributed by atoms with Crippen molar-refractivity contribution < 1.29 is 0 Å². The molecule has 1 radical (unpaired) electrons. The molecule has 0 spiro atoms. The maximum Gasteiger partial charge on any atom is -0.0235 e. The van der Waals surface area contributed by atoms with Crippen LogP contribution in [0.4, 0.5) is 0 Å². The lowest BCUT2D eigenvalue weighted by atomic mass is 9.85. The summed E-state index contributed by atoms with van der Waals surface area (Å²) in [4.78, 5) is 0. The molecule has 2 rings (SSSR count). The van der Waals surface area contributed by atoms with Gasteiger partial charge in [0.1, 0.15) is 0 Å². The predicted octanol–water partition coefficient (Wildman–Crippen LogP) is 3.18. The molecule has 0 N–H and O–H groups in total. The largest absolute Gasteiger partial charge is 0.0588 e. The molecule has 2 aliphatic rings. The summed E-state index contributed by atoms with van der Waals surface area (Å²) >= 11 is 0. The third-order valence-electron chi connectivity index (χ3n) is 3.23. The second kappa shape index (κ2) is 2.56. The fourth-order valence-electron chi connectivity index (χ4n) is 2.39. The Morgan fingerprint density at radius 3 is 2.20 bits per heavy atom. The first-order valence-electron chi connectivity index (χ1n) is 4.70. The van der Waals surface area contributed by atoms with E-state index in [4.69, 9.17) is 0 Å². The molecule has 1 unspecified atom stereocenters. The maximum atomic E-state index is 2.33. The van der Waals surface area contributed by atoms with Gasteiger partial charge in [-0.25, -0.2) is 0 Å². The highest BCUT2D eigenvalue weighted by molar-refractivity contribution is 5.12. The molecule has 0 aliphatic heterocycles. The fraction of sp³-hybridized carbons (Fsp3) is 0.900. The van der Waals surface area contributed by atoms with Crippen LogP contribution in [-0.4, -0.2) is 0 Å². The van der Waals surface area contributed by atoms with Crippen LogP contribution in [0.3, 0.4) is 0 Å². The smallest absolute Gasteiger partial charge is 0.0235 e. The van der Waals surface area contributed by atoms with Crippen LogP contribution in [0.25, 0.3) is 0 Å². The quantitative estimate of drug-likeness (QED) is 0.520. The summed E-state index contributed by atoms with van der Waals surface area (Å²) in [6, 6.07) is 0. The van der Waals surface area contributed by atoms with E-state index in [1.54, 1.807) is 5.92 Å². The van der Waals surface area contributed by atoms with Crippen molar-refractivity contribution in [3.05, 3.63) is 5.92 Å². The first kappa shape index (κ1) is 6.69. The molecule has 1 atom stereocenters. The Morgan fingerprint density at radius 2 is 1.70 bits per heavy atom. The van der Waals surface area contributed by atoms with Crippen molar-refractivity contribution in [3.63, 3.8) is 0 Å². The lowest BCUT2D eigenvalue weighted by Gasteiger charge is -2.21. The lowest BCUT2D eigenvalue weighted by Crippen LogP contribution is -2.08. The molecule has 0 amide bonds. The van der Waals surface area contributed by atoms with Crippen molar-refractivity contribution in [1.82, 2.24) is 0 Å². The van der Waals surface area contributed by atoms with E-state index in [1.165, 1.54) is 38.5 Å². The van der Waals surface area contributed by atoms with Crippen LogP contribution in [-0.2, 0) is 0 Å². The molecule has 2 saturated carbocycles. The molecule has 57 valence electrons. The molecule has 0 nitrogen and oxygen atoms in total. The van der Waals surface area contributed by atoms with Gasteiger partial charge in [-0.05, 0) is 24.2 Å². The Hall–Kier alpha value is 0. The highest BCUT2D eigenvalue weighted by Gasteiger charge is 2.39. The van der Waals surface area contributed by atoms with E-state index >= 15 is 0 Å². The van der Waals surface area contributed by atoms with Crippen molar-refractivity contribution in [2.45, 2.75) is 45.4 Å². The van der Waals surface area contributed by atoms with Gasteiger partial charge in [0.05, 0.1) is 0 Å². The predicted molar refractivity (Wildman–Crippen MR) is 43.6 cm³/mol. The minimum atomic E-state index is 1.07. The third-order valence-corrected chi connectivity index (χ3v) is 3.23. The zero-order valence-corrected chi connectivity index (χ0v) is 6.90. The number of rotatable bonds is 1. The Labute approximate surface area is 64.0 Å². The minimum absolute atomic E-state index is 1.07. The average Bonchev–Trinajstić information content (AvgIpc) is 2.69. The average molecular weight is 137 g/mol. The zero-order chi connectivity index (χ0) is 6.97. The summed E-state index contributed by atoms with van der Waals surface area (Å²) in [5.41, 5.74) is 0. The van der Waals surface area contributed by atoms with Crippen LogP contribution in [0.2, 0.25) is 0 Å². The van der Waals surface area contributed by atoms with Gasteiger partial charge in [0.2, 0.25) is 0 Å². The van der Waals surface area contributed by atoms with Gasteiger partial charge in [-0.15, -0.1) is 0 Å². The highest BCUT2D eigenvalue weighted by atomic mass is 14.4. The molecule has 0 heterocycles. The lowest BCUT2D eigenvalue weighted by molar-refractivity contribution is 0.325. The Bertz CT molecular complexity index is 111. The van der Waals surface area contributed by atoms with E-state index in [0.29, 0.717) is 0 Å². The van der Waals surface area contributed by atoms with Crippen molar-refractivity contribution >= 4 is 0 Å². The van der Waals surface area contributed by atoms with Crippen LogP contribution in [0, 0.1) is 17.8 Å². The Kier molecular flexibility index (Phi) is 1.71. The van der Waals surface area contributed by atoms with E-state index in [2.05, 4.69) is 6.92 Å². The van der Waals surface area contributed by atoms with E-state index in [9.17, 15) is 0 Å². The molecule has 2 aliphatic carbocycles. The second-order valence-electron chi connectivity index (χ2n) is 4.06. The van der Waals surface area contributed by atoms with E-state index in [1.807, 2.05) is 0 Å². The molecule has 10 heavy (non-hydrogen) atoms. The molecule has 0 saturated heterocycles. The molecule has 0 aromatic rings. The molecule has 0 aromatic carbocycles. The van der Waals surface area contributed by atoms with Gasteiger partial charge < -0.3 is 0 Å². The van der Waals surface area contributed by atoms with Crippen molar-refractivity contribution in [2.24, 2.45) is 11.8 Å². The zero-order valence-electron chi connectivity index (χ0n) is 6.90. The van der Waals surface area contributed by atoms with Gasteiger partial charge in [-0.1, -0.05) is 39.0 Å². The van der Waals surface area contributed by atoms with Crippen LogP contribution < -0.4 is 0 Å². The fourth-order valence-corrected chi connectivity index (χ4v) is 2.39. The van der Waals surface area contributed by atoms with Gasteiger partial charge in [0.25, 0.3) is 0 Å². The second-order valence-corrected chi connectivity index (χ2v) is 4.06. The summed E-state index contributed by atoms with van der Waals surface area (Å²) in [5.74, 6) is 3.96. The van der Waals surface area contributed by atoms with Crippen LogP contribution >= 0.6 is 0 Å². The third kappa shape index (κ3) is 1.21. The summed E-state index contributed by atoms with van der Waals surface area (Å²) in [6.45, 7) is 2.33. The molecule has 2 fully saturated rings. The molecular formula is C10H17. The van der Waals surface area contributed by atoms with Crippen LogP contribution in [0.5, 0.6) is 0 Å². The summed E-state index contributed by atoms with van der Waals surface area (Å²) in [5, 5.41) is 0. The normalized spacial score (nSPS) is 36.3. The van der Waals surface area contributed by atoms with E-state index in [-0.39, 0.29) is 0 Å². The summed E-state index contributed by atoms with van der Waals surface area (Å²) in [7, 11) is 0. The highest BCUT2D eigenvalue weighted by Crippen LogP contribution is 2.50. The summed E-state index contributed by atoms with van der Waals surface area (Å²) in [6.07, 6.45) is 9.04. The Morgan fingerprint density at radius 1 is 1.10 bits per heavy atom. The van der Waals surface area contributed by atoms with Crippen molar-refractivity contribution in [2.75, 3.05) is 0 Å². The number of hydrogen-bond acceptors (Lipinski definition) is 0. The van der Waals surface area contributed by atoms with Crippen LogP contribution in [0.15, 0.2) is 0 Å². The first-order valence-corrected chi connectivity index (χ1v) is 4.70. The molecular weight excluding hydrogens is 120 g/mol. The molecule has 0 bridgehead atoms. The SMILES string of the molecule is C[C]1CC1C1CCCCC1. The van der Waals surface area contributed by atoms with Crippen molar-refractivity contribution in [1.29, 1.82) is 0 Å². The van der Waals surface area contributed by atoms with Gasteiger partial charge >= 0.3 is 0 Å². The van der Waals surface area contributed by atoms with E-state index in [0.717, 1.165) is 11.8 Å². The van der Waals surface area contributed by atoms with Crippen LogP contribution in [0.1, 0.15) is 45.4 Å². The number of hydrogen-bond donors (Lipinski definition) is 0. The topological polar surface area (TPSA) is 0 Å². The Balaban J connectivity index is 1.81. The minimum Gasteiger partial charge on any atom is -0.0588 e. The van der Waals surface area contributed by atoms with Gasteiger partial charge in [-0.2, -0.15) is 0 Å². The van der Waals surface area contributed by atoms with E-state index < -0.39 is 0 Å². The first-order chi connectivity index (χ1) is 4.88. The summed E-state index contributed by atoms with van der Waals surface area (Å²) < 4.78 is 0.